The maximum absolute atomic E-state index is 5.44. The second-order valence-corrected chi connectivity index (χ2v) is 5.50. The topological polar surface area (TPSA) is 33.7 Å². The molecule has 4 nitrogen and oxygen atoms in total. The first-order valence-electron chi connectivity index (χ1n) is 7.01. The molecular weight excluding hydrogens is 228 g/mol. The van der Waals surface area contributed by atoms with Crippen LogP contribution in [-0.2, 0) is 9.47 Å². The van der Waals surface area contributed by atoms with Gasteiger partial charge >= 0.3 is 0 Å². The van der Waals surface area contributed by atoms with Crippen molar-refractivity contribution < 1.29 is 9.47 Å². The second kappa shape index (κ2) is 11.9. The highest BCUT2D eigenvalue weighted by atomic mass is 16.5. The van der Waals surface area contributed by atoms with Crippen molar-refractivity contribution in [3.05, 3.63) is 0 Å². The lowest BCUT2D eigenvalue weighted by Crippen LogP contribution is -2.39. The van der Waals surface area contributed by atoms with Gasteiger partial charge in [0.2, 0.25) is 0 Å². The van der Waals surface area contributed by atoms with Gasteiger partial charge in [0.25, 0.3) is 0 Å². The van der Waals surface area contributed by atoms with Gasteiger partial charge in [0.05, 0.1) is 13.2 Å². The smallest absolute Gasteiger partial charge is 0.0700 e. The van der Waals surface area contributed by atoms with Gasteiger partial charge in [-0.25, -0.2) is 0 Å². The van der Waals surface area contributed by atoms with Crippen LogP contribution in [0.15, 0.2) is 0 Å². The minimum absolute atomic E-state index is 0.582. The molecule has 0 aliphatic carbocycles. The summed E-state index contributed by atoms with van der Waals surface area (Å²) in [5, 5.41) is 3.62. The SMILES string of the molecule is COCCOCCCNC(CC(C)C)CN(C)C. The molecule has 0 spiro atoms. The summed E-state index contributed by atoms with van der Waals surface area (Å²) in [7, 11) is 5.95. The van der Waals surface area contributed by atoms with Gasteiger partial charge in [0, 0.05) is 26.3 Å². The van der Waals surface area contributed by atoms with Crippen molar-refractivity contribution in [2.24, 2.45) is 5.92 Å². The summed E-state index contributed by atoms with van der Waals surface area (Å²) >= 11 is 0. The van der Waals surface area contributed by atoms with Crippen LogP contribution in [0, 0.1) is 5.92 Å². The summed E-state index contributed by atoms with van der Waals surface area (Å²) in [4.78, 5) is 2.25. The number of hydrogen-bond acceptors (Lipinski definition) is 4. The molecule has 0 aromatic heterocycles. The maximum atomic E-state index is 5.44. The number of hydrogen-bond donors (Lipinski definition) is 1. The molecule has 0 aliphatic rings. The Balaban J connectivity index is 3.56. The summed E-state index contributed by atoms with van der Waals surface area (Å²) in [6.07, 6.45) is 2.29. The highest BCUT2D eigenvalue weighted by Crippen LogP contribution is 2.05. The second-order valence-electron chi connectivity index (χ2n) is 5.50. The van der Waals surface area contributed by atoms with Crippen molar-refractivity contribution in [3.8, 4) is 0 Å². The monoisotopic (exact) mass is 260 g/mol. The Morgan fingerprint density at radius 1 is 1.11 bits per heavy atom. The van der Waals surface area contributed by atoms with Crippen molar-refractivity contribution in [1.29, 1.82) is 0 Å². The fraction of sp³-hybridized carbons (Fsp3) is 1.00. The van der Waals surface area contributed by atoms with Crippen LogP contribution in [0.5, 0.6) is 0 Å². The lowest BCUT2D eigenvalue weighted by atomic mass is 10.0. The van der Waals surface area contributed by atoms with Gasteiger partial charge in [0.15, 0.2) is 0 Å². The lowest BCUT2D eigenvalue weighted by molar-refractivity contribution is 0.0690. The Kier molecular flexibility index (Phi) is 11.8. The molecule has 0 rings (SSSR count). The molecule has 0 saturated carbocycles. The third-order valence-electron chi connectivity index (χ3n) is 2.67. The van der Waals surface area contributed by atoms with E-state index in [0.29, 0.717) is 19.3 Å². The first-order chi connectivity index (χ1) is 8.56. The summed E-state index contributed by atoms with van der Waals surface area (Å²) < 4.78 is 10.4. The van der Waals surface area contributed by atoms with Crippen LogP contribution < -0.4 is 5.32 Å². The van der Waals surface area contributed by atoms with Gasteiger partial charge in [-0.15, -0.1) is 0 Å². The molecule has 0 aromatic rings. The van der Waals surface area contributed by atoms with Crippen LogP contribution in [0.1, 0.15) is 26.7 Å². The summed E-state index contributed by atoms with van der Waals surface area (Å²) in [6.45, 7) is 8.87. The first kappa shape index (κ1) is 17.8. The molecule has 4 heteroatoms. The van der Waals surface area contributed by atoms with Crippen molar-refractivity contribution in [2.45, 2.75) is 32.7 Å². The van der Waals surface area contributed by atoms with E-state index in [-0.39, 0.29) is 0 Å². The molecule has 1 N–H and O–H groups in total. The number of methoxy groups -OCH3 is 1. The highest BCUT2D eigenvalue weighted by Gasteiger charge is 2.10. The molecule has 0 bridgehead atoms. The predicted octanol–water partition coefficient (Wildman–Crippen LogP) is 1.61. The maximum Gasteiger partial charge on any atom is 0.0700 e. The lowest BCUT2D eigenvalue weighted by Gasteiger charge is -2.24. The summed E-state index contributed by atoms with van der Waals surface area (Å²) in [5.41, 5.74) is 0. The number of rotatable bonds is 12. The van der Waals surface area contributed by atoms with Crippen LogP contribution in [0.2, 0.25) is 0 Å². The van der Waals surface area contributed by atoms with E-state index in [9.17, 15) is 0 Å². The quantitative estimate of drug-likeness (QED) is 0.541. The third kappa shape index (κ3) is 12.3. The zero-order chi connectivity index (χ0) is 13.8. The van der Waals surface area contributed by atoms with Crippen LogP contribution >= 0.6 is 0 Å². The Bertz CT molecular complexity index is 165. The van der Waals surface area contributed by atoms with Gasteiger partial charge in [-0.05, 0) is 39.4 Å². The van der Waals surface area contributed by atoms with Crippen LogP contribution in [0.3, 0.4) is 0 Å². The first-order valence-corrected chi connectivity index (χ1v) is 7.01. The molecule has 0 amide bonds. The minimum Gasteiger partial charge on any atom is -0.382 e. The number of nitrogens with one attached hydrogen (secondary N) is 1. The molecule has 0 saturated heterocycles. The predicted molar refractivity (Wildman–Crippen MR) is 77.1 cm³/mol. The van der Waals surface area contributed by atoms with Gasteiger partial charge in [0.1, 0.15) is 0 Å². The number of nitrogens with zero attached hydrogens (tertiary/aromatic N) is 1. The van der Waals surface area contributed by atoms with E-state index in [0.717, 1.165) is 32.0 Å². The van der Waals surface area contributed by atoms with E-state index >= 15 is 0 Å². The van der Waals surface area contributed by atoms with E-state index in [4.69, 9.17) is 9.47 Å². The van der Waals surface area contributed by atoms with Crippen LogP contribution in [0.25, 0.3) is 0 Å². The van der Waals surface area contributed by atoms with Crippen molar-refractivity contribution in [1.82, 2.24) is 10.2 Å². The fourth-order valence-electron chi connectivity index (χ4n) is 1.96. The Hall–Kier alpha value is -0.160. The van der Waals surface area contributed by atoms with Crippen molar-refractivity contribution in [3.63, 3.8) is 0 Å². The highest BCUT2D eigenvalue weighted by molar-refractivity contribution is 4.71. The van der Waals surface area contributed by atoms with Crippen molar-refractivity contribution >= 4 is 0 Å². The van der Waals surface area contributed by atoms with Gasteiger partial charge in [-0.2, -0.15) is 0 Å². The van der Waals surface area contributed by atoms with E-state index in [2.05, 4.69) is 38.2 Å². The fourth-order valence-corrected chi connectivity index (χ4v) is 1.96. The molecule has 0 fully saturated rings. The van der Waals surface area contributed by atoms with Gasteiger partial charge < -0.3 is 19.7 Å². The molecule has 0 radical (unpaired) electrons. The molecule has 1 atom stereocenters. The normalized spacial score (nSPS) is 13.5. The van der Waals surface area contributed by atoms with E-state index in [1.165, 1.54) is 6.42 Å². The van der Waals surface area contributed by atoms with Gasteiger partial charge in [-0.1, -0.05) is 13.8 Å². The van der Waals surface area contributed by atoms with Crippen LogP contribution in [-0.4, -0.2) is 65.1 Å². The molecule has 18 heavy (non-hydrogen) atoms. The standard InChI is InChI=1S/C14H32N2O2/c1-13(2)11-14(12-16(3)4)15-7-6-8-18-10-9-17-5/h13-15H,6-12H2,1-5H3. The summed E-state index contributed by atoms with van der Waals surface area (Å²) in [5.74, 6) is 0.736. The number of ether oxygens (including phenoxy) is 2. The minimum atomic E-state index is 0.582. The van der Waals surface area contributed by atoms with Crippen LogP contribution in [0.4, 0.5) is 0 Å². The Morgan fingerprint density at radius 2 is 1.83 bits per heavy atom. The van der Waals surface area contributed by atoms with E-state index < -0.39 is 0 Å². The molecule has 110 valence electrons. The zero-order valence-electron chi connectivity index (χ0n) is 12.9. The molecule has 1 unspecified atom stereocenters. The zero-order valence-corrected chi connectivity index (χ0v) is 12.9. The Morgan fingerprint density at radius 3 is 2.39 bits per heavy atom. The van der Waals surface area contributed by atoms with Crippen molar-refractivity contribution in [2.75, 3.05) is 54.1 Å². The molecule has 0 heterocycles. The van der Waals surface area contributed by atoms with Gasteiger partial charge in [-0.3, -0.25) is 0 Å². The summed E-state index contributed by atoms with van der Waals surface area (Å²) in [6, 6.07) is 0.582. The average Bonchev–Trinajstić information content (AvgIpc) is 2.26. The van der Waals surface area contributed by atoms with E-state index in [1.807, 2.05) is 0 Å². The van der Waals surface area contributed by atoms with E-state index in [1.54, 1.807) is 7.11 Å². The largest absolute Gasteiger partial charge is 0.382 e. The Labute approximate surface area is 113 Å². The number of likely N-dealkylation sites (N-methyl/N-ethyl adjacent to an activating group) is 1. The third-order valence-corrected chi connectivity index (χ3v) is 2.67. The molecule has 0 aliphatic heterocycles. The molecular formula is C14H32N2O2. The molecule has 0 aromatic carbocycles. The average molecular weight is 260 g/mol.